The van der Waals surface area contributed by atoms with Crippen LogP contribution in [0.15, 0.2) is 24.3 Å². The number of para-hydroxylation sites is 1. The molecular formula is C17H20N2OS. The topological polar surface area (TPSA) is 34.1 Å². The zero-order valence-electron chi connectivity index (χ0n) is 12.3. The Kier molecular flexibility index (Phi) is 3.43. The molecule has 4 heteroatoms. The van der Waals surface area contributed by atoms with Crippen molar-refractivity contribution < 1.29 is 4.74 Å². The van der Waals surface area contributed by atoms with Crippen molar-refractivity contribution in [2.24, 2.45) is 0 Å². The van der Waals surface area contributed by atoms with Crippen molar-refractivity contribution in [1.82, 2.24) is 10.3 Å². The molecule has 4 rings (SSSR count). The minimum Gasteiger partial charge on any atom is -0.496 e. The van der Waals surface area contributed by atoms with E-state index in [4.69, 9.17) is 9.72 Å². The van der Waals surface area contributed by atoms with E-state index in [0.717, 1.165) is 28.9 Å². The van der Waals surface area contributed by atoms with Gasteiger partial charge in [0.05, 0.1) is 18.4 Å². The van der Waals surface area contributed by atoms with Gasteiger partial charge in [-0.3, -0.25) is 0 Å². The Morgan fingerprint density at radius 1 is 1.24 bits per heavy atom. The molecule has 2 fully saturated rings. The molecule has 0 spiro atoms. The summed E-state index contributed by atoms with van der Waals surface area (Å²) in [6, 6.07) is 8.92. The number of rotatable bonds is 6. The van der Waals surface area contributed by atoms with Crippen LogP contribution in [0.25, 0.3) is 10.6 Å². The fourth-order valence-corrected chi connectivity index (χ4v) is 3.76. The van der Waals surface area contributed by atoms with E-state index in [-0.39, 0.29) is 0 Å². The van der Waals surface area contributed by atoms with E-state index >= 15 is 0 Å². The first kappa shape index (κ1) is 13.3. The van der Waals surface area contributed by atoms with Gasteiger partial charge in [0, 0.05) is 23.4 Å². The van der Waals surface area contributed by atoms with E-state index in [1.165, 1.54) is 36.3 Å². The third kappa shape index (κ3) is 2.83. The highest BCUT2D eigenvalue weighted by molar-refractivity contribution is 7.15. The van der Waals surface area contributed by atoms with Crippen molar-refractivity contribution in [3.8, 4) is 16.3 Å². The van der Waals surface area contributed by atoms with Crippen molar-refractivity contribution in [3.05, 3.63) is 34.8 Å². The van der Waals surface area contributed by atoms with E-state index < -0.39 is 0 Å². The highest BCUT2D eigenvalue weighted by Gasteiger charge is 2.31. The number of nitrogens with zero attached hydrogens (tertiary/aromatic N) is 1. The molecule has 110 valence electrons. The van der Waals surface area contributed by atoms with E-state index in [2.05, 4.69) is 17.4 Å². The highest BCUT2D eigenvalue weighted by atomic mass is 32.1. The number of thiazole rings is 1. The molecule has 2 aliphatic rings. The molecule has 21 heavy (non-hydrogen) atoms. The number of hydrogen-bond donors (Lipinski definition) is 1. The lowest BCUT2D eigenvalue weighted by molar-refractivity contribution is 0.416. The van der Waals surface area contributed by atoms with Crippen LogP contribution in [0.2, 0.25) is 0 Å². The zero-order chi connectivity index (χ0) is 14.2. The SMILES string of the molecule is COc1ccccc1-c1nc(C2CC2)c(CNC2CC2)s1. The van der Waals surface area contributed by atoms with E-state index in [0.29, 0.717) is 5.92 Å². The number of methoxy groups -OCH3 is 1. The summed E-state index contributed by atoms with van der Waals surface area (Å²) < 4.78 is 5.48. The Balaban J connectivity index is 1.66. The summed E-state index contributed by atoms with van der Waals surface area (Å²) in [4.78, 5) is 6.37. The second-order valence-corrected chi connectivity index (χ2v) is 7.04. The van der Waals surface area contributed by atoms with Crippen LogP contribution in [0, 0.1) is 0 Å². The molecule has 3 nitrogen and oxygen atoms in total. The fraction of sp³-hybridized carbons (Fsp3) is 0.471. The quantitative estimate of drug-likeness (QED) is 0.877. The summed E-state index contributed by atoms with van der Waals surface area (Å²) in [6.45, 7) is 0.976. The Morgan fingerprint density at radius 3 is 2.76 bits per heavy atom. The molecule has 0 unspecified atom stereocenters. The van der Waals surface area contributed by atoms with Crippen LogP contribution in [0.3, 0.4) is 0 Å². The first-order chi connectivity index (χ1) is 10.3. The summed E-state index contributed by atoms with van der Waals surface area (Å²) in [5.74, 6) is 1.61. The van der Waals surface area contributed by atoms with E-state index in [1.807, 2.05) is 23.5 Å². The van der Waals surface area contributed by atoms with E-state index in [1.54, 1.807) is 7.11 Å². The van der Waals surface area contributed by atoms with E-state index in [9.17, 15) is 0 Å². The largest absolute Gasteiger partial charge is 0.496 e. The predicted molar refractivity (Wildman–Crippen MR) is 85.9 cm³/mol. The van der Waals surface area contributed by atoms with Crippen LogP contribution in [-0.2, 0) is 6.54 Å². The van der Waals surface area contributed by atoms with Gasteiger partial charge in [-0.25, -0.2) is 4.98 Å². The van der Waals surface area contributed by atoms with Crippen molar-refractivity contribution in [3.63, 3.8) is 0 Å². The Hall–Kier alpha value is -1.39. The average molecular weight is 300 g/mol. The standard InChI is InChI=1S/C17H20N2OS/c1-20-14-5-3-2-4-13(14)17-19-16(11-6-7-11)15(21-17)10-18-12-8-9-12/h2-5,11-12,18H,6-10H2,1H3. The van der Waals surface area contributed by atoms with Gasteiger partial charge in [0.1, 0.15) is 10.8 Å². The second-order valence-electron chi connectivity index (χ2n) is 5.96. The van der Waals surface area contributed by atoms with Crippen LogP contribution in [0.5, 0.6) is 5.75 Å². The van der Waals surface area contributed by atoms with Gasteiger partial charge in [0.25, 0.3) is 0 Å². The average Bonchev–Trinajstić information content (AvgIpc) is 3.44. The fourth-order valence-electron chi connectivity index (χ4n) is 2.63. The number of ether oxygens (including phenoxy) is 1. The van der Waals surface area contributed by atoms with Crippen molar-refractivity contribution in [1.29, 1.82) is 0 Å². The summed E-state index contributed by atoms with van der Waals surface area (Å²) in [5, 5.41) is 4.73. The highest BCUT2D eigenvalue weighted by Crippen LogP contribution is 2.45. The van der Waals surface area contributed by atoms with Gasteiger partial charge in [-0.1, -0.05) is 12.1 Å². The van der Waals surface area contributed by atoms with Crippen LogP contribution in [0.4, 0.5) is 0 Å². The van der Waals surface area contributed by atoms with Crippen LogP contribution >= 0.6 is 11.3 Å². The van der Waals surface area contributed by atoms with Gasteiger partial charge >= 0.3 is 0 Å². The summed E-state index contributed by atoms with van der Waals surface area (Å²) in [7, 11) is 1.73. The maximum absolute atomic E-state index is 5.48. The maximum Gasteiger partial charge on any atom is 0.129 e. The van der Waals surface area contributed by atoms with Gasteiger partial charge < -0.3 is 10.1 Å². The molecule has 0 aliphatic heterocycles. The molecular weight excluding hydrogens is 280 g/mol. The third-order valence-corrected chi connectivity index (χ3v) is 5.26. The van der Waals surface area contributed by atoms with Gasteiger partial charge in [0.2, 0.25) is 0 Å². The van der Waals surface area contributed by atoms with Gasteiger partial charge in [-0.05, 0) is 37.8 Å². The molecule has 2 aliphatic carbocycles. The Morgan fingerprint density at radius 2 is 2.05 bits per heavy atom. The van der Waals surface area contributed by atoms with Crippen molar-refractivity contribution in [2.45, 2.75) is 44.2 Å². The number of hydrogen-bond acceptors (Lipinski definition) is 4. The summed E-state index contributed by atoms with van der Waals surface area (Å²) in [5.41, 5.74) is 2.44. The molecule has 0 saturated heterocycles. The lowest BCUT2D eigenvalue weighted by Crippen LogP contribution is -2.15. The van der Waals surface area contributed by atoms with Crippen LogP contribution in [-0.4, -0.2) is 18.1 Å². The summed E-state index contributed by atoms with van der Waals surface area (Å²) in [6.07, 6.45) is 5.25. The summed E-state index contributed by atoms with van der Waals surface area (Å²) >= 11 is 1.83. The lowest BCUT2D eigenvalue weighted by atomic mass is 10.2. The van der Waals surface area contributed by atoms with Gasteiger partial charge in [-0.2, -0.15) is 0 Å². The molecule has 0 radical (unpaired) electrons. The number of benzene rings is 1. The monoisotopic (exact) mass is 300 g/mol. The molecule has 2 aromatic rings. The van der Waals surface area contributed by atoms with Crippen molar-refractivity contribution >= 4 is 11.3 Å². The second kappa shape index (κ2) is 5.43. The molecule has 1 N–H and O–H groups in total. The third-order valence-electron chi connectivity index (χ3n) is 4.16. The molecule has 1 heterocycles. The molecule has 2 saturated carbocycles. The Labute approximate surface area is 129 Å². The van der Waals surface area contributed by atoms with Gasteiger partial charge in [-0.15, -0.1) is 11.3 Å². The molecule has 0 atom stereocenters. The molecule has 1 aromatic heterocycles. The molecule has 0 amide bonds. The molecule has 0 bridgehead atoms. The predicted octanol–water partition coefficient (Wildman–Crippen LogP) is 3.95. The smallest absolute Gasteiger partial charge is 0.129 e. The minimum absolute atomic E-state index is 0.695. The number of nitrogens with one attached hydrogen (secondary N) is 1. The number of aromatic nitrogens is 1. The first-order valence-corrected chi connectivity index (χ1v) is 8.53. The lowest BCUT2D eigenvalue weighted by Gasteiger charge is -2.04. The van der Waals surface area contributed by atoms with Gasteiger partial charge in [0.15, 0.2) is 0 Å². The Bertz CT molecular complexity index is 644. The maximum atomic E-state index is 5.48. The van der Waals surface area contributed by atoms with Crippen LogP contribution in [0.1, 0.15) is 42.2 Å². The minimum atomic E-state index is 0.695. The normalized spacial score (nSPS) is 18.0. The van der Waals surface area contributed by atoms with Crippen molar-refractivity contribution in [2.75, 3.05) is 7.11 Å². The first-order valence-electron chi connectivity index (χ1n) is 7.71. The molecule has 1 aromatic carbocycles. The zero-order valence-corrected chi connectivity index (χ0v) is 13.1. The van der Waals surface area contributed by atoms with Crippen LogP contribution < -0.4 is 10.1 Å².